The molecule has 2 rings (SSSR count). The summed E-state index contributed by atoms with van der Waals surface area (Å²) in [5.41, 5.74) is 5.18. The van der Waals surface area contributed by atoms with Crippen molar-refractivity contribution in [3.8, 4) is 0 Å². The molecule has 1 amide bonds. The number of likely N-dealkylation sites (tertiary alicyclic amines) is 1. The molecule has 86 valence electrons. The highest BCUT2D eigenvalue weighted by molar-refractivity contribution is 6.30. The zero-order valence-electron chi connectivity index (χ0n) is 8.21. The SMILES string of the molecule is NC1CN(C(=O)c2cc(F)c(Cl)cc2F)C1. The summed E-state index contributed by atoms with van der Waals surface area (Å²) in [5.74, 6) is -2.19. The highest BCUT2D eigenvalue weighted by Crippen LogP contribution is 2.21. The van der Waals surface area contributed by atoms with E-state index in [1.807, 2.05) is 0 Å². The van der Waals surface area contributed by atoms with Crippen LogP contribution >= 0.6 is 11.6 Å². The average Bonchev–Trinajstić information content (AvgIpc) is 2.18. The first-order valence-electron chi connectivity index (χ1n) is 4.68. The van der Waals surface area contributed by atoms with Crippen molar-refractivity contribution in [1.82, 2.24) is 4.90 Å². The molecule has 0 aromatic heterocycles. The maximum Gasteiger partial charge on any atom is 0.257 e. The zero-order valence-corrected chi connectivity index (χ0v) is 8.97. The second-order valence-electron chi connectivity index (χ2n) is 3.72. The molecule has 1 saturated heterocycles. The molecule has 0 aliphatic carbocycles. The first-order valence-corrected chi connectivity index (χ1v) is 5.06. The summed E-state index contributed by atoms with van der Waals surface area (Å²) in [6, 6.07) is 1.53. The summed E-state index contributed by atoms with van der Waals surface area (Å²) in [7, 11) is 0. The van der Waals surface area contributed by atoms with Crippen LogP contribution in [0.3, 0.4) is 0 Å². The van der Waals surface area contributed by atoms with Gasteiger partial charge >= 0.3 is 0 Å². The van der Waals surface area contributed by atoms with Crippen molar-refractivity contribution in [3.05, 3.63) is 34.4 Å². The fraction of sp³-hybridized carbons (Fsp3) is 0.300. The van der Waals surface area contributed by atoms with Crippen molar-refractivity contribution >= 4 is 17.5 Å². The Morgan fingerprint density at radius 2 is 2.00 bits per heavy atom. The van der Waals surface area contributed by atoms with Gasteiger partial charge in [-0.3, -0.25) is 4.79 Å². The minimum absolute atomic E-state index is 0.0795. The fourth-order valence-corrected chi connectivity index (χ4v) is 1.69. The monoisotopic (exact) mass is 246 g/mol. The van der Waals surface area contributed by atoms with Crippen LogP contribution in [0, 0.1) is 11.6 Å². The number of nitrogens with zero attached hydrogens (tertiary/aromatic N) is 1. The molecule has 0 atom stereocenters. The number of amides is 1. The lowest BCUT2D eigenvalue weighted by molar-refractivity contribution is 0.0602. The van der Waals surface area contributed by atoms with Gasteiger partial charge in [-0.25, -0.2) is 8.78 Å². The second-order valence-corrected chi connectivity index (χ2v) is 4.12. The van der Waals surface area contributed by atoms with Crippen LogP contribution in [0.4, 0.5) is 8.78 Å². The van der Waals surface area contributed by atoms with E-state index >= 15 is 0 Å². The number of benzene rings is 1. The molecule has 1 heterocycles. The van der Waals surface area contributed by atoms with Gasteiger partial charge < -0.3 is 10.6 Å². The average molecular weight is 247 g/mol. The summed E-state index contributed by atoms with van der Waals surface area (Å²) in [6.45, 7) is 0.727. The van der Waals surface area contributed by atoms with E-state index in [1.165, 1.54) is 4.90 Å². The summed E-state index contributed by atoms with van der Waals surface area (Å²) in [4.78, 5) is 13.0. The molecular weight excluding hydrogens is 238 g/mol. The molecule has 16 heavy (non-hydrogen) atoms. The Morgan fingerprint density at radius 1 is 1.38 bits per heavy atom. The normalized spacial score (nSPS) is 16.1. The number of nitrogens with two attached hydrogens (primary N) is 1. The van der Waals surface area contributed by atoms with Gasteiger partial charge in [0, 0.05) is 19.1 Å². The van der Waals surface area contributed by atoms with Crippen LogP contribution in [0.5, 0.6) is 0 Å². The molecule has 1 aliphatic heterocycles. The van der Waals surface area contributed by atoms with Crippen LogP contribution < -0.4 is 5.73 Å². The Balaban J connectivity index is 2.27. The molecule has 0 bridgehead atoms. The molecular formula is C10H9ClF2N2O. The zero-order chi connectivity index (χ0) is 11.9. The Kier molecular flexibility index (Phi) is 2.82. The third-order valence-electron chi connectivity index (χ3n) is 2.44. The molecule has 1 aromatic rings. The summed E-state index contributed by atoms with van der Waals surface area (Å²) in [5, 5.41) is -0.339. The van der Waals surface area contributed by atoms with Crippen molar-refractivity contribution in [2.24, 2.45) is 5.73 Å². The van der Waals surface area contributed by atoms with Crippen LogP contribution in [0.2, 0.25) is 5.02 Å². The Hall–Kier alpha value is -1.20. The first-order chi connectivity index (χ1) is 7.49. The van der Waals surface area contributed by atoms with Crippen LogP contribution in [-0.4, -0.2) is 29.9 Å². The van der Waals surface area contributed by atoms with E-state index in [1.54, 1.807) is 0 Å². The van der Waals surface area contributed by atoms with Gasteiger partial charge in [0.1, 0.15) is 11.6 Å². The van der Waals surface area contributed by atoms with E-state index in [0.717, 1.165) is 12.1 Å². The third kappa shape index (κ3) is 1.88. The van der Waals surface area contributed by atoms with Gasteiger partial charge in [-0.05, 0) is 12.1 Å². The predicted octanol–water partition coefficient (Wildman–Crippen LogP) is 1.40. The third-order valence-corrected chi connectivity index (χ3v) is 2.73. The van der Waals surface area contributed by atoms with E-state index in [0.29, 0.717) is 13.1 Å². The molecule has 1 fully saturated rings. The van der Waals surface area contributed by atoms with Gasteiger partial charge in [0.25, 0.3) is 5.91 Å². The minimum Gasteiger partial charge on any atom is -0.335 e. The lowest BCUT2D eigenvalue weighted by Gasteiger charge is -2.36. The highest BCUT2D eigenvalue weighted by Gasteiger charge is 2.30. The molecule has 1 aliphatic rings. The van der Waals surface area contributed by atoms with E-state index < -0.39 is 17.5 Å². The molecule has 1 aromatic carbocycles. The Bertz CT molecular complexity index is 447. The number of carbonyl (C=O) groups excluding carboxylic acids is 1. The van der Waals surface area contributed by atoms with Crippen molar-refractivity contribution < 1.29 is 13.6 Å². The molecule has 0 spiro atoms. The summed E-state index contributed by atoms with van der Waals surface area (Å²) >= 11 is 5.38. The van der Waals surface area contributed by atoms with Crippen molar-refractivity contribution in [2.75, 3.05) is 13.1 Å². The predicted molar refractivity (Wildman–Crippen MR) is 55.2 cm³/mol. The summed E-state index contributed by atoms with van der Waals surface area (Å²) in [6.07, 6.45) is 0. The molecule has 2 N–H and O–H groups in total. The molecule has 0 unspecified atom stereocenters. The van der Waals surface area contributed by atoms with Gasteiger partial charge in [-0.1, -0.05) is 11.6 Å². The van der Waals surface area contributed by atoms with Crippen molar-refractivity contribution in [1.29, 1.82) is 0 Å². The van der Waals surface area contributed by atoms with E-state index in [4.69, 9.17) is 17.3 Å². The van der Waals surface area contributed by atoms with Crippen LogP contribution in [0.25, 0.3) is 0 Å². The largest absolute Gasteiger partial charge is 0.335 e. The maximum absolute atomic E-state index is 13.4. The summed E-state index contributed by atoms with van der Waals surface area (Å²) < 4.78 is 26.5. The minimum atomic E-state index is -0.822. The number of carbonyl (C=O) groups is 1. The van der Waals surface area contributed by atoms with E-state index in [-0.39, 0.29) is 16.6 Å². The smallest absolute Gasteiger partial charge is 0.257 e. The molecule has 0 saturated carbocycles. The number of halogens is 3. The molecule has 6 heteroatoms. The van der Waals surface area contributed by atoms with Crippen LogP contribution in [0.15, 0.2) is 12.1 Å². The molecule has 3 nitrogen and oxygen atoms in total. The Labute approximate surface area is 95.8 Å². The van der Waals surface area contributed by atoms with Gasteiger partial charge in [0.2, 0.25) is 0 Å². The Morgan fingerprint density at radius 3 is 2.56 bits per heavy atom. The van der Waals surface area contributed by atoms with Gasteiger partial charge in [-0.15, -0.1) is 0 Å². The van der Waals surface area contributed by atoms with Gasteiger partial charge in [0.05, 0.1) is 10.6 Å². The molecule has 0 radical (unpaired) electrons. The number of hydrogen-bond acceptors (Lipinski definition) is 2. The van der Waals surface area contributed by atoms with Gasteiger partial charge in [0.15, 0.2) is 0 Å². The second kappa shape index (κ2) is 3.99. The number of hydrogen-bond donors (Lipinski definition) is 1. The fourth-order valence-electron chi connectivity index (χ4n) is 1.54. The lowest BCUT2D eigenvalue weighted by Crippen LogP contribution is -2.57. The van der Waals surface area contributed by atoms with E-state index in [2.05, 4.69) is 0 Å². The lowest BCUT2D eigenvalue weighted by atomic mass is 10.1. The van der Waals surface area contributed by atoms with Crippen molar-refractivity contribution in [3.63, 3.8) is 0 Å². The van der Waals surface area contributed by atoms with Crippen LogP contribution in [-0.2, 0) is 0 Å². The van der Waals surface area contributed by atoms with Gasteiger partial charge in [-0.2, -0.15) is 0 Å². The first kappa shape index (κ1) is 11.3. The number of rotatable bonds is 1. The van der Waals surface area contributed by atoms with Crippen molar-refractivity contribution in [2.45, 2.75) is 6.04 Å². The van der Waals surface area contributed by atoms with Crippen LogP contribution in [0.1, 0.15) is 10.4 Å². The van der Waals surface area contributed by atoms with E-state index in [9.17, 15) is 13.6 Å². The standard InChI is InChI=1S/C10H9ClF2N2O/c11-7-2-8(12)6(1-9(7)13)10(16)15-3-5(14)4-15/h1-2,5H,3-4,14H2. The topological polar surface area (TPSA) is 46.3 Å². The maximum atomic E-state index is 13.4. The highest BCUT2D eigenvalue weighted by atomic mass is 35.5. The quantitative estimate of drug-likeness (QED) is 0.762.